The molecule has 3 heterocycles. The van der Waals surface area contributed by atoms with Gasteiger partial charge in [0.05, 0.1) is 17.0 Å². The SMILES string of the molecule is CCc1nnc2ccc3cc(Sc4cccc(C5(C#N)CCOCC5)c4)ccc3n12. The van der Waals surface area contributed by atoms with Crippen LogP contribution < -0.4 is 0 Å². The predicted octanol–water partition coefficient (Wildman–Crippen LogP) is 5.17. The van der Waals surface area contributed by atoms with Crippen LogP contribution in [0.15, 0.2) is 64.4 Å². The monoisotopic (exact) mass is 414 g/mol. The Bertz CT molecular complexity index is 1270. The van der Waals surface area contributed by atoms with E-state index in [0.717, 1.165) is 52.1 Å². The summed E-state index contributed by atoms with van der Waals surface area (Å²) in [5, 5.41) is 19.6. The molecule has 2 aromatic carbocycles. The minimum absolute atomic E-state index is 0.436. The zero-order valence-electron chi connectivity index (χ0n) is 16.8. The Kier molecular flexibility index (Phi) is 4.93. The van der Waals surface area contributed by atoms with Crippen molar-refractivity contribution in [2.75, 3.05) is 13.2 Å². The van der Waals surface area contributed by atoms with Gasteiger partial charge in [-0.2, -0.15) is 5.26 Å². The standard InChI is InChI=1S/C24H22N4OS/c1-2-22-26-27-23-9-6-17-14-20(7-8-21(17)28(22)23)30-19-5-3-4-18(15-19)24(16-25)10-12-29-13-11-24/h3-9,14-15H,2,10-13H2,1H3. The van der Waals surface area contributed by atoms with Gasteiger partial charge in [0.1, 0.15) is 5.82 Å². The van der Waals surface area contributed by atoms with Crippen LogP contribution in [0.5, 0.6) is 0 Å². The summed E-state index contributed by atoms with van der Waals surface area (Å²) in [4.78, 5) is 2.32. The third kappa shape index (κ3) is 3.24. The Morgan fingerprint density at radius 3 is 2.70 bits per heavy atom. The third-order valence-corrected chi connectivity index (χ3v) is 6.89. The molecule has 1 aliphatic heterocycles. The molecule has 5 rings (SSSR count). The fourth-order valence-electron chi connectivity index (χ4n) is 4.21. The molecule has 0 saturated carbocycles. The van der Waals surface area contributed by atoms with Crippen LogP contribution in [0.25, 0.3) is 16.6 Å². The zero-order valence-corrected chi connectivity index (χ0v) is 17.7. The lowest BCUT2D eigenvalue weighted by molar-refractivity contribution is 0.0675. The van der Waals surface area contributed by atoms with Crippen LogP contribution in [0.2, 0.25) is 0 Å². The van der Waals surface area contributed by atoms with E-state index in [1.165, 1.54) is 4.90 Å². The van der Waals surface area contributed by atoms with Crippen LogP contribution in [-0.4, -0.2) is 27.8 Å². The second-order valence-electron chi connectivity index (χ2n) is 7.65. The molecule has 1 saturated heterocycles. The number of aromatic nitrogens is 3. The minimum Gasteiger partial charge on any atom is -0.381 e. The number of aryl methyl sites for hydroxylation is 1. The summed E-state index contributed by atoms with van der Waals surface area (Å²) >= 11 is 1.73. The van der Waals surface area contributed by atoms with Crippen LogP contribution in [0.1, 0.15) is 31.2 Å². The number of hydrogen-bond donors (Lipinski definition) is 0. The van der Waals surface area contributed by atoms with Crippen LogP contribution in [0.3, 0.4) is 0 Å². The number of benzene rings is 2. The van der Waals surface area contributed by atoms with Crippen molar-refractivity contribution in [1.82, 2.24) is 14.6 Å². The molecule has 1 aliphatic rings. The number of fused-ring (bicyclic) bond motifs is 3. The molecule has 4 aromatic rings. The maximum absolute atomic E-state index is 9.88. The highest BCUT2D eigenvalue weighted by molar-refractivity contribution is 7.99. The van der Waals surface area contributed by atoms with Crippen LogP contribution in [0, 0.1) is 11.3 Å². The molecular formula is C24H22N4OS. The van der Waals surface area contributed by atoms with Crippen molar-refractivity contribution in [1.29, 1.82) is 5.26 Å². The summed E-state index contributed by atoms with van der Waals surface area (Å²) in [7, 11) is 0. The Morgan fingerprint density at radius 1 is 1.07 bits per heavy atom. The van der Waals surface area contributed by atoms with E-state index in [4.69, 9.17) is 4.74 Å². The molecule has 1 fully saturated rings. The average Bonchev–Trinajstić information content (AvgIpc) is 3.23. The Labute approximate surface area is 179 Å². The number of pyridine rings is 1. The summed E-state index contributed by atoms with van der Waals surface area (Å²) in [5.41, 5.74) is 2.66. The summed E-state index contributed by atoms with van der Waals surface area (Å²) in [6.45, 7) is 3.39. The highest BCUT2D eigenvalue weighted by atomic mass is 32.2. The van der Waals surface area contributed by atoms with Crippen LogP contribution in [0.4, 0.5) is 0 Å². The van der Waals surface area contributed by atoms with E-state index in [1.54, 1.807) is 11.8 Å². The van der Waals surface area contributed by atoms with E-state index >= 15 is 0 Å². The maximum atomic E-state index is 9.88. The van der Waals surface area contributed by atoms with Gasteiger partial charge >= 0.3 is 0 Å². The number of ether oxygens (including phenoxy) is 1. The second kappa shape index (κ2) is 7.75. The molecule has 0 amide bonds. The van der Waals surface area contributed by atoms with Gasteiger partial charge < -0.3 is 4.74 Å². The Morgan fingerprint density at radius 2 is 1.90 bits per heavy atom. The first-order valence-electron chi connectivity index (χ1n) is 10.3. The van der Waals surface area contributed by atoms with Gasteiger partial charge in [-0.3, -0.25) is 4.40 Å². The van der Waals surface area contributed by atoms with E-state index in [2.05, 4.69) is 76.1 Å². The van der Waals surface area contributed by atoms with Gasteiger partial charge in [-0.25, -0.2) is 0 Å². The Balaban J connectivity index is 1.49. The molecule has 0 unspecified atom stereocenters. The zero-order chi connectivity index (χ0) is 20.6. The molecule has 2 aromatic heterocycles. The van der Waals surface area contributed by atoms with Gasteiger partial charge in [0.2, 0.25) is 0 Å². The van der Waals surface area contributed by atoms with Crippen molar-refractivity contribution in [2.45, 2.75) is 41.4 Å². The van der Waals surface area contributed by atoms with Crippen molar-refractivity contribution >= 4 is 28.3 Å². The van der Waals surface area contributed by atoms with Crippen LogP contribution in [-0.2, 0) is 16.6 Å². The first kappa shape index (κ1) is 19.1. The average molecular weight is 415 g/mol. The fraction of sp³-hybridized carbons (Fsp3) is 0.292. The van der Waals surface area contributed by atoms with Crippen molar-refractivity contribution in [3.63, 3.8) is 0 Å². The molecular weight excluding hydrogens is 392 g/mol. The molecule has 0 spiro atoms. The summed E-state index contributed by atoms with van der Waals surface area (Å²) in [6.07, 6.45) is 2.35. The number of rotatable bonds is 4. The lowest BCUT2D eigenvalue weighted by Gasteiger charge is -2.31. The highest BCUT2D eigenvalue weighted by Crippen LogP contribution is 2.37. The van der Waals surface area contributed by atoms with Gasteiger partial charge in [-0.05, 0) is 66.3 Å². The van der Waals surface area contributed by atoms with Crippen molar-refractivity contribution in [3.8, 4) is 6.07 Å². The quantitative estimate of drug-likeness (QED) is 0.461. The van der Waals surface area contributed by atoms with E-state index < -0.39 is 5.41 Å². The first-order valence-corrected chi connectivity index (χ1v) is 11.1. The lowest BCUT2D eigenvalue weighted by atomic mass is 9.75. The van der Waals surface area contributed by atoms with Crippen molar-refractivity contribution in [2.24, 2.45) is 0 Å². The summed E-state index contributed by atoms with van der Waals surface area (Å²) < 4.78 is 7.62. The second-order valence-corrected chi connectivity index (χ2v) is 8.80. The largest absolute Gasteiger partial charge is 0.381 e. The van der Waals surface area contributed by atoms with Crippen LogP contribution >= 0.6 is 11.8 Å². The van der Waals surface area contributed by atoms with Gasteiger partial charge in [-0.1, -0.05) is 30.8 Å². The van der Waals surface area contributed by atoms with E-state index in [9.17, 15) is 5.26 Å². The number of nitriles is 1. The molecule has 0 aliphatic carbocycles. The minimum atomic E-state index is -0.436. The molecule has 0 bridgehead atoms. The summed E-state index contributed by atoms with van der Waals surface area (Å²) in [6, 6.07) is 21.6. The number of hydrogen-bond acceptors (Lipinski definition) is 5. The lowest BCUT2D eigenvalue weighted by Crippen LogP contribution is -2.32. The van der Waals surface area contributed by atoms with E-state index in [-0.39, 0.29) is 0 Å². The van der Waals surface area contributed by atoms with Gasteiger partial charge in [0, 0.05) is 29.4 Å². The molecule has 0 radical (unpaired) electrons. The first-order chi connectivity index (χ1) is 14.7. The molecule has 5 nitrogen and oxygen atoms in total. The maximum Gasteiger partial charge on any atom is 0.161 e. The molecule has 0 atom stereocenters. The van der Waals surface area contributed by atoms with Crippen molar-refractivity contribution in [3.05, 3.63) is 66.0 Å². The fourth-order valence-corrected chi connectivity index (χ4v) is 5.13. The molecule has 30 heavy (non-hydrogen) atoms. The van der Waals surface area contributed by atoms with E-state index in [0.29, 0.717) is 13.2 Å². The summed E-state index contributed by atoms with van der Waals surface area (Å²) in [5.74, 6) is 0.974. The molecule has 150 valence electrons. The van der Waals surface area contributed by atoms with Gasteiger partial charge in [0.25, 0.3) is 0 Å². The van der Waals surface area contributed by atoms with E-state index in [1.807, 2.05) is 6.07 Å². The number of nitrogens with zero attached hydrogens (tertiary/aromatic N) is 4. The Hall–Kier alpha value is -2.88. The van der Waals surface area contributed by atoms with Crippen molar-refractivity contribution < 1.29 is 4.74 Å². The third-order valence-electron chi connectivity index (χ3n) is 5.91. The van der Waals surface area contributed by atoms with Gasteiger partial charge in [0.15, 0.2) is 5.65 Å². The highest BCUT2D eigenvalue weighted by Gasteiger charge is 2.34. The smallest absolute Gasteiger partial charge is 0.161 e. The molecule has 6 heteroatoms. The normalized spacial score (nSPS) is 16.0. The molecule has 0 N–H and O–H groups in total. The van der Waals surface area contributed by atoms with Gasteiger partial charge in [-0.15, -0.1) is 10.2 Å². The predicted molar refractivity (Wildman–Crippen MR) is 118 cm³/mol. The topological polar surface area (TPSA) is 63.2 Å².